The lowest BCUT2D eigenvalue weighted by Crippen LogP contribution is -1.86. The first-order valence-corrected chi connectivity index (χ1v) is 8.13. The van der Waals surface area contributed by atoms with Gasteiger partial charge < -0.3 is 0 Å². The maximum Gasteiger partial charge on any atom is 0.148 e. The molecule has 0 fully saturated rings. The van der Waals surface area contributed by atoms with E-state index in [1.165, 1.54) is 12.1 Å². The summed E-state index contributed by atoms with van der Waals surface area (Å²) in [6, 6.07) is 23.0. The van der Waals surface area contributed by atoms with Crippen molar-refractivity contribution in [3.8, 4) is 36.4 Å². The predicted octanol–water partition coefficient (Wildman–Crippen LogP) is 4.75. The van der Waals surface area contributed by atoms with Crippen molar-refractivity contribution in [3.63, 3.8) is 0 Å². The van der Waals surface area contributed by atoms with Gasteiger partial charge in [0.25, 0.3) is 0 Å². The van der Waals surface area contributed by atoms with Gasteiger partial charge in [0.15, 0.2) is 0 Å². The number of allylic oxidation sites excluding steroid dienone is 4. The van der Waals surface area contributed by atoms with E-state index in [1.807, 2.05) is 12.1 Å². The van der Waals surface area contributed by atoms with E-state index in [-0.39, 0.29) is 22.3 Å². The Kier molecular flexibility index (Phi) is 6.90. The first-order chi connectivity index (χ1) is 14.6. The normalized spacial score (nSPS) is 9.00. The van der Waals surface area contributed by atoms with Gasteiger partial charge in [-0.15, -0.1) is 0 Å². The summed E-state index contributed by atoms with van der Waals surface area (Å²) in [6.45, 7) is 0. The van der Waals surface area contributed by atoms with Gasteiger partial charge in [-0.1, -0.05) is 24.3 Å². The van der Waals surface area contributed by atoms with E-state index in [2.05, 4.69) is 10.2 Å². The van der Waals surface area contributed by atoms with Crippen molar-refractivity contribution in [2.45, 2.75) is 0 Å². The van der Waals surface area contributed by atoms with Crippen molar-refractivity contribution in [2.75, 3.05) is 0 Å². The molecule has 2 aromatic rings. The molecule has 8 heteroatoms. The van der Waals surface area contributed by atoms with E-state index >= 15 is 0 Å². The third-order valence-electron chi connectivity index (χ3n) is 3.72. The molecular formula is C22H8N8. The lowest BCUT2D eigenvalue weighted by atomic mass is 10.0. The summed E-state index contributed by atoms with van der Waals surface area (Å²) < 4.78 is 0. The molecule has 0 radical (unpaired) electrons. The molecule has 8 nitrogen and oxygen atoms in total. The molecule has 0 saturated carbocycles. The third-order valence-corrected chi connectivity index (χ3v) is 3.72. The largest absolute Gasteiger partial charge is 0.192 e. The summed E-state index contributed by atoms with van der Waals surface area (Å²) in [6.07, 6.45) is 0. The van der Waals surface area contributed by atoms with Crippen molar-refractivity contribution in [1.82, 2.24) is 0 Å². The second-order valence-electron chi connectivity index (χ2n) is 5.47. The fourth-order valence-electron chi connectivity index (χ4n) is 2.37. The summed E-state index contributed by atoms with van der Waals surface area (Å²) in [4.78, 5) is 0. The number of nitriles is 6. The zero-order valence-electron chi connectivity index (χ0n) is 15.2. The second-order valence-corrected chi connectivity index (χ2v) is 5.47. The van der Waals surface area contributed by atoms with Gasteiger partial charge in [-0.3, -0.25) is 0 Å². The van der Waals surface area contributed by atoms with E-state index in [0.717, 1.165) is 0 Å². The fraction of sp³-hybridized carbons (Fsp3) is 0. The monoisotopic (exact) mass is 384 g/mol. The van der Waals surface area contributed by atoms with Crippen molar-refractivity contribution in [1.29, 1.82) is 31.6 Å². The van der Waals surface area contributed by atoms with Crippen molar-refractivity contribution in [2.24, 2.45) is 10.2 Å². The summed E-state index contributed by atoms with van der Waals surface area (Å²) in [5, 5.41) is 62.6. The van der Waals surface area contributed by atoms with Crippen molar-refractivity contribution in [3.05, 3.63) is 70.8 Å². The van der Waals surface area contributed by atoms with Gasteiger partial charge in [0.1, 0.15) is 47.6 Å². The molecule has 0 amide bonds. The molecule has 136 valence electrons. The van der Waals surface area contributed by atoms with Crippen LogP contribution in [0.2, 0.25) is 0 Å². The van der Waals surface area contributed by atoms with E-state index < -0.39 is 0 Å². The van der Waals surface area contributed by atoms with Gasteiger partial charge >= 0.3 is 0 Å². The van der Waals surface area contributed by atoms with Crippen LogP contribution in [0.3, 0.4) is 0 Å². The lowest BCUT2D eigenvalue weighted by Gasteiger charge is -2.01. The van der Waals surface area contributed by atoms with E-state index in [0.29, 0.717) is 22.5 Å². The summed E-state index contributed by atoms with van der Waals surface area (Å²) in [5.41, 5.74) is 0.693. The molecule has 30 heavy (non-hydrogen) atoms. The Labute approximate surface area is 172 Å². The number of rotatable bonds is 4. The lowest BCUT2D eigenvalue weighted by molar-refractivity contribution is 1.23. The third kappa shape index (κ3) is 4.59. The van der Waals surface area contributed by atoms with Crippen LogP contribution in [0.1, 0.15) is 11.1 Å². The topological polar surface area (TPSA) is 167 Å². The second kappa shape index (κ2) is 9.97. The molecule has 0 N–H and O–H groups in total. The standard InChI is InChI=1S/C22H8N8/c23-9-17(10-24)21(13-27)15-3-1-5-19(7-15)29-30-20-6-2-4-16(8-20)22(14-28)18(11-25)12-26/h1-8H. The van der Waals surface area contributed by atoms with Gasteiger partial charge in [0.05, 0.1) is 22.5 Å². The fourth-order valence-corrected chi connectivity index (χ4v) is 2.37. The Morgan fingerprint density at radius 1 is 0.533 bits per heavy atom. The zero-order valence-corrected chi connectivity index (χ0v) is 15.2. The maximum atomic E-state index is 9.26. The highest BCUT2D eigenvalue weighted by molar-refractivity contribution is 5.86. The van der Waals surface area contributed by atoms with Crippen LogP contribution in [0.15, 0.2) is 69.9 Å². The minimum Gasteiger partial charge on any atom is -0.192 e. The van der Waals surface area contributed by atoms with E-state index in [1.54, 1.807) is 60.7 Å². The Balaban J connectivity index is 2.45. The molecule has 2 aromatic carbocycles. The van der Waals surface area contributed by atoms with Crippen LogP contribution in [0, 0.1) is 68.0 Å². The molecule has 0 aliphatic carbocycles. The molecule has 0 bridgehead atoms. The van der Waals surface area contributed by atoms with Crippen LogP contribution in [-0.4, -0.2) is 0 Å². The van der Waals surface area contributed by atoms with Crippen LogP contribution in [0.4, 0.5) is 11.4 Å². The molecular weight excluding hydrogens is 376 g/mol. The molecule has 0 saturated heterocycles. The number of hydrogen-bond acceptors (Lipinski definition) is 8. The smallest absolute Gasteiger partial charge is 0.148 e. The first-order valence-electron chi connectivity index (χ1n) is 8.13. The average molecular weight is 384 g/mol. The number of nitrogens with zero attached hydrogens (tertiary/aromatic N) is 8. The molecule has 0 unspecified atom stereocenters. The number of azo groups is 1. The van der Waals surface area contributed by atoms with Gasteiger partial charge in [0.2, 0.25) is 0 Å². The van der Waals surface area contributed by atoms with Crippen LogP contribution in [0.5, 0.6) is 0 Å². The summed E-state index contributed by atoms with van der Waals surface area (Å²) in [7, 11) is 0. The quantitative estimate of drug-likeness (QED) is 0.544. The van der Waals surface area contributed by atoms with Crippen molar-refractivity contribution < 1.29 is 0 Å². The highest BCUT2D eigenvalue weighted by Crippen LogP contribution is 2.26. The molecule has 0 spiro atoms. The van der Waals surface area contributed by atoms with Crippen LogP contribution >= 0.6 is 0 Å². The highest BCUT2D eigenvalue weighted by Gasteiger charge is 2.10. The molecule has 0 heterocycles. The number of benzene rings is 2. The predicted molar refractivity (Wildman–Crippen MR) is 105 cm³/mol. The molecule has 2 rings (SSSR count). The van der Waals surface area contributed by atoms with E-state index in [4.69, 9.17) is 21.0 Å². The van der Waals surface area contributed by atoms with Gasteiger partial charge in [-0.25, -0.2) is 0 Å². The van der Waals surface area contributed by atoms with Crippen LogP contribution in [-0.2, 0) is 0 Å². The molecule has 0 aliphatic rings. The zero-order chi connectivity index (χ0) is 21.9. The Bertz CT molecular complexity index is 1210. The molecule has 0 aliphatic heterocycles. The average Bonchev–Trinajstić information content (AvgIpc) is 2.79. The molecule has 0 atom stereocenters. The Morgan fingerprint density at radius 3 is 1.20 bits per heavy atom. The minimum atomic E-state index is -0.305. The first kappa shape index (κ1) is 20.8. The minimum absolute atomic E-state index is 0.0663. The van der Waals surface area contributed by atoms with Crippen molar-refractivity contribution >= 4 is 22.5 Å². The van der Waals surface area contributed by atoms with Gasteiger partial charge in [-0.2, -0.15) is 41.8 Å². The highest BCUT2D eigenvalue weighted by atomic mass is 15.1. The molecule has 0 aromatic heterocycles. The SMILES string of the molecule is N#CC(C#N)=C(C#N)c1cccc(N=Nc2cccc(C(C#N)=C(C#N)C#N)c2)c1. The van der Waals surface area contributed by atoms with Gasteiger partial charge in [0, 0.05) is 0 Å². The van der Waals surface area contributed by atoms with Crippen LogP contribution in [0.25, 0.3) is 11.1 Å². The number of hydrogen-bond donors (Lipinski definition) is 0. The Hall–Kier alpha value is -5.54. The summed E-state index contributed by atoms with van der Waals surface area (Å²) in [5.74, 6) is 0. The maximum absolute atomic E-state index is 9.26. The summed E-state index contributed by atoms with van der Waals surface area (Å²) >= 11 is 0. The Morgan fingerprint density at radius 2 is 0.900 bits per heavy atom. The van der Waals surface area contributed by atoms with Crippen LogP contribution < -0.4 is 0 Å². The van der Waals surface area contributed by atoms with E-state index in [9.17, 15) is 10.5 Å². The van der Waals surface area contributed by atoms with Gasteiger partial charge in [-0.05, 0) is 35.4 Å².